The summed E-state index contributed by atoms with van der Waals surface area (Å²) in [6, 6.07) is 1.22. The predicted octanol–water partition coefficient (Wildman–Crippen LogP) is 2.62. The van der Waals surface area contributed by atoms with E-state index in [1.165, 1.54) is 45.2 Å². The number of nitrogens with zero attached hydrogens (tertiary/aromatic N) is 1. The fraction of sp³-hybridized carbons (Fsp3) is 1.00. The molecule has 2 heteroatoms. The van der Waals surface area contributed by atoms with Gasteiger partial charge in [0.15, 0.2) is 0 Å². The molecule has 94 valence electrons. The zero-order valence-electron chi connectivity index (χ0n) is 11.2. The van der Waals surface area contributed by atoms with Gasteiger partial charge in [0.1, 0.15) is 0 Å². The van der Waals surface area contributed by atoms with Crippen molar-refractivity contribution in [3.63, 3.8) is 0 Å². The molecule has 1 aliphatic carbocycles. The van der Waals surface area contributed by atoms with Crippen molar-refractivity contribution >= 4 is 0 Å². The van der Waals surface area contributed by atoms with E-state index in [4.69, 9.17) is 5.73 Å². The van der Waals surface area contributed by atoms with Gasteiger partial charge in [-0.3, -0.25) is 4.90 Å². The van der Waals surface area contributed by atoms with Gasteiger partial charge >= 0.3 is 0 Å². The van der Waals surface area contributed by atoms with Crippen LogP contribution < -0.4 is 5.73 Å². The molecule has 1 aliphatic heterocycles. The van der Waals surface area contributed by atoms with Gasteiger partial charge in [0.25, 0.3) is 0 Å². The van der Waals surface area contributed by atoms with Crippen LogP contribution in [0.3, 0.4) is 0 Å². The fourth-order valence-electron chi connectivity index (χ4n) is 3.74. The van der Waals surface area contributed by atoms with Crippen LogP contribution in [0, 0.1) is 11.3 Å². The summed E-state index contributed by atoms with van der Waals surface area (Å²) < 4.78 is 0. The smallest absolute Gasteiger partial charge is 0.0146 e. The highest BCUT2D eigenvalue weighted by Gasteiger charge is 2.39. The van der Waals surface area contributed by atoms with Crippen molar-refractivity contribution in [2.24, 2.45) is 17.1 Å². The van der Waals surface area contributed by atoms with Gasteiger partial charge in [-0.1, -0.05) is 20.3 Å². The Morgan fingerprint density at radius 2 is 1.81 bits per heavy atom. The van der Waals surface area contributed by atoms with Gasteiger partial charge < -0.3 is 5.73 Å². The Labute approximate surface area is 101 Å². The second-order valence-electron chi connectivity index (χ2n) is 6.63. The molecule has 0 aromatic rings. The lowest BCUT2D eigenvalue weighted by Crippen LogP contribution is -2.48. The molecule has 2 unspecified atom stereocenters. The first-order valence-corrected chi connectivity index (χ1v) is 7.00. The normalized spacial score (nSPS) is 34.1. The Hall–Kier alpha value is -0.0800. The van der Waals surface area contributed by atoms with Crippen molar-refractivity contribution in [2.75, 3.05) is 13.1 Å². The van der Waals surface area contributed by atoms with Crippen molar-refractivity contribution in [3.05, 3.63) is 0 Å². The molecule has 1 saturated heterocycles. The van der Waals surface area contributed by atoms with E-state index in [1.807, 2.05) is 0 Å². The summed E-state index contributed by atoms with van der Waals surface area (Å²) in [6.45, 7) is 9.62. The highest BCUT2D eigenvalue weighted by molar-refractivity contribution is 4.93. The standard InChI is InChI=1S/C14H28N2/c1-11(15)12-6-9-16(10-7-12)13-5-4-8-14(13,2)3/h11-13H,4-10,15H2,1-3H3. The summed E-state index contributed by atoms with van der Waals surface area (Å²) in [5, 5.41) is 0. The van der Waals surface area contributed by atoms with E-state index in [0.29, 0.717) is 11.5 Å². The number of hydrogen-bond donors (Lipinski definition) is 1. The van der Waals surface area contributed by atoms with Gasteiger partial charge in [-0.25, -0.2) is 0 Å². The highest BCUT2D eigenvalue weighted by atomic mass is 15.2. The Bertz CT molecular complexity index is 227. The zero-order chi connectivity index (χ0) is 11.8. The summed E-state index contributed by atoms with van der Waals surface area (Å²) in [7, 11) is 0. The molecule has 0 aromatic carbocycles. The van der Waals surface area contributed by atoms with E-state index < -0.39 is 0 Å². The first kappa shape index (κ1) is 12.4. The van der Waals surface area contributed by atoms with E-state index in [0.717, 1.165) is 12.0 Å². The average Bonchev–Trinajstić information content (AvgIpc) is 2.58. The lowest BCUT2D eigenvalue weighted by Gasteiger charge is -2.42. The van der Waals surface area contributed by atoms with Gasteiger partial charge in [0, 0.05) is 12.1 Å². The number of nitrogens with two attached hydrogens (primary N) is 1. The summed E-state index contributed by atoms with van der Waals surface area (Å²) in [5.41, 5.74) is 6.54. The molecular weight excluding hydrogens is 196 g/mol. The third kappa shape index (κ3) is 2.43. The van der Waals surface area contributed by atoms with Crippen molar-refractivity contribution < 1.29 is 0 Å². The first-order chi connectivity index (χ1) is 7.50. The van der Waals surface area contributed by atoms with E-state index in [1.54, 1.807) is 0 Å². The molecule has 0 aromatic heterocycles. The molecule has 1 heterocycles. The maximum Gasteiger partial charge on any atom is 0.0146 e. The van der Waals surface area contributed by atoms with Crippen LogP contribution in [0.1, 0.15) is 52.9 Å². The Balaban J connectivity index is 1.89. The second kappa shape index (κ2) is 4.66. The van der Waals surface area contributed by atoms with Gasteiger partial charge in [0.05, 0.1) is 0 Å². The largest absolute Gasteiger partial charge is 0.328 e. The quantitative estimate of drug-likeness (QED) is 0.781. The van der Waals surface area contributed by atoms with Gasteiger partial charge in [-0.15, -0.1) is 0 Å². The van der Waals surface area contributed by atoms with Crippen LogP contribution in [0.25, 0.3) is 0 Å². The topological polar surface area (TPSA) is 29.3 Å². The summed E-state index contributed by atoms with van der Waals surface area (Å²) >= 11 is 0. The van der Waals surface area contributed by atoms with E-state index >= 15 is 0 Å². The third-order valence-electron chi connectivity index (χ3n) is 4.96. The summed E-state index contributed by atoms with van der Waals surface area (Å²) in [4.78, 5) is 2.74. The lowest BCUT2D eigenvalue weighted by molar-refractivity contribution is 0.0709. The minimum Gasteiger partial charge on any atom is -0.328 e. The number of piperidine rings is 1. The average molecular weight is 224 g/mol. The molecule has 2 rings (SSSR count). The number of likely N-dealkylation sites (tertiary alicyclic amines) is 1. The molecule has 2 fully saturated rings. The number of hydrogen-bond acceptors (Lipinski definition) is 2. The molecule has 0 spiro atoms. The van der Waals surface area contributed by atoms with Gasteiger partial charge in [0.2, 0.25) is 0 Å². The van der Waals surface area contributed by atoms with Crippen molar-refractivity contribution in [1.29, 1.82) is 0 Å². The second-order valence-corrected chi connectivity index (χ2v) is 6.63. The predicted molar refractivity (Wildman–Crippen MR) is 69.4 cm³/mol. The summed E-state index contributed by atoms with van der Waals surface area (Å²) in [5.74, 6) is 0.765. The van der Waals surface area contributed by atoms with Crippen molar-refractivity contribution in [1.82, 2.24) is 4.90 Å². The van der Waals surface area contributed by atoms with E-state index in [-0.39, 0.29) is 0 Å². The summed E-state index contributed by atoms with van der Waals surface area (Å²) in [6.07, 6.45) is 6.86. The molecule has 2 nitrogen and oxygen atoms in total. The van der Waals surface area contributed by atoms with Crippen LogP contribution in [0.4, 0.5) is 0 Å². The molecule has 0 amide bonds. The Morgan fingerprint density at radius 3 is 2.25 bits per heavy atom. The van der Waals surface area contributed by atoms with Gasteiger partial charge in [-0.05, 0) is 57.0 Å². The van der Waals surface area contributed by atoms with Crippen molar-refractivity contribution in [2.45, 2.75) is 65.0 Å². The van der Waals surface area contributed by atoms with Crippen LogP contribution >= 0.6 is 0 Å². The Morgan fingerprint density at radius 1 is 1.19 bits per heavy atom. The van der Waals surface area contributed by atoms with E-state index in [9.17, 15) is 0 Å². The SMILES string of the molecule is CC(N)C1CCN(C2CCCC2(C)C)CC1. The van der Waals surface area contributed by atoms with Gasteiger partial charge in [-0.2, -0.15) is 0 Å². The molecule has 2 N–H and O–H groups in total. The van der Waals surface area contributed by atoms with Crippen LogP contribution in [0.5, 0.6) is 0 Å². The minimum atomic E-state index is 0.388. The molecule has 2 aliphatic rings. The minimum absolute atomic E-state index is 0.388. The first-order valence-electron chi connectivity index (χ1n) is 7.00. The van der Waals surface area contributed by atoms with Crippen LogP contribution in [0.2, 0.25) is 0 Å². The molecule has 0 bridgehead atoms. The maximum atomic E-state index is 6.00. The zero-order valence-corrected chi connectivity index (χ0v) is 11.2. The molecule has 2 atom stereocenters. The monoisotopic (exact) mass is 224 g/mol. The third-order valence-corrected chi connectivity index (χ3v) is 4.96. The molecule has 1 saturated carbocycles. The van der Waals surface area contributed by atoms with E-state index in [2.05, 4.69) is 25.7 Å². The van der Waals surface area contributed by atoms with Crippen molar-refractivity contribution in [3.8, 4) is 0 Å². The molecular formula is C14H28N2. The molecule has 0 radical (unpaired) electrons. The van der Waals surface area contributed by atoms with Crippen LogP contribution in [-0.4, -0.2) is 30.1 Å². The Kier molecular flexibility index (Phi) is 3.60. The fourth-order valence-corrected chi connectivity index (χ4v) is 3.74. The lowest BCUT2D eigenvalue weighted by atomic mass is 9.83. The molecule has 16 heavy (non-hydrogen) atoms. The maximum absolute atomic E-state index is 6.00. The van der Waals surface area contributed by atoms with Crippen LogP contribution in [0.15, 0.2) is 0 Å². The highest BCUT2D eigenvalue weighted by Crippen LogP contribution is 2.41. The van der Waals surface area contributed by atoms with Crippen LogP contribution in [-0.2, 0) is 0 Å². The number of rotatable bonds is 2.